The molecule has 25 heavy (non-hydrogen) atoms. The third-order valence-electron chi connectivity index (χ3n) is 4.55. The predicted molar refractivity (Wildman–Crippen MR) is 89.5 cm³/mol. The lowest BCUT2D eigenvalue weighted by Gasteiger charge is -2.24. The van der Waals surface area contributed by atoms with E-state index >= 15 is 0 Å². The molecule has 2 aliphatic heterocycles. The van der Waals surface area contributed by atoms with Crippen LogP contribution in [0.4, 0.5) is 0 Å². The molecule has 1 unspecified atom stereocenters. The molecule has 4 rings (SSSR count). The highest BCUT2D eigenvalue weighted by atomic mass is 16.7. The Balaban J connectivity index is 1.58. The topological polar surface area (TPSA) is 65.8 Å². The maximum Gasteiger partial charge on any atom is 0.254 e. The van der Waals surface area contributed by atoms with Crippen molar-refractivity contribution < 1.29 is 19.0 Å². The Labute approximate surface area is 146 Å². The molecule has 132 valence electrons. The van der Waals surface area contributed by atoms with Crippen LogP contribution in [0.25, 0.3) is 0 Å². The summed E-state index contributed by atoms with van der Waals surface area (Å²) >= 11 is 0. The highest BCUT2D eigenvalue weighted by molar-refractivity contribution is 5.95. The molecule has 0 radical (unpaired) electrons. The van der Waals surface area contributed by atoms with E-state index < -0.39 is 0 Å². The second kappa shape index (κ2) is 6.76. The maximum absolute atomic E-state index is 13.1. The van der Waals surface area contributed by atoms with Gasteiger partial charge in [0.2, 0.25) is 6.79 Å². The van der Waals surface area contributed by atoms with Gasteiger partial charge in [0, 0.05) is 37.4 Å². The number of amides is 1. The fraction of sp³-hybridized carbons (Fsp3) is 0.444. The van der Waals surface area contributed by atoms with Gasteiger partial charge in [-0.1, -0.05) is 0 Å². The van der Waals surface area contributed by atoms with Crippen LogP contribution in [0.1, 0.15) is 23.0 Å². The average molecular weight is 343 g/mol. The Morgan fingerprint density at radius 2 is 2.20 bits per heavy atom. The van der Waals surface area contributed by atoms with E-state index in [0.717, 1.165) is 12.2 Å². The summed E-state index contributed by atoms with van der Waals surface area (Å²) < 4.78 is 18.4. The summed E-state index contributed by atoms with van der Waals surface area (Å²) in [6.45, 7) is 5.47. The van der Waals surface area contributed by atoms with Crippen molar-refractivity contribution in [2.75, 3.05) is 26.6 Å². The Morgan fingerprint density at radius 1 is 1.32 bits per heavy atom. The van der Waals surface area contributed by atoms with Crippen LogP contribution >= 0.6 is 0 Å². The molecule has 0 bridgehead atoms. The van der Waals surface area contributed by atoms with Crippen molar-refractivity contribution in [2.24, 2.45) is 5.92 Å². The van der Waals surface area contributed by atoms with Crippen molar-refractivity contribution in [1.82, 2.24) is 14.5 Å². The van der Waals surface area contributed by atoms with Crippen LogP contribution in [0.15, 0.2) is 30.7 Å². The number of hydrogen-bond acceptors (Lipinski definition) is 5. The normalized spacial score (nSPS) is 18.8. The Bertz CT molecular complexity index is 773. The molecule has 2 aromatic rings. The monoisotopic (exact) mass is 343 g/mol. The minimum Gasteiger partial charge on any atom is -0.454 e. The molecular weight excluding hydrogens is 322 g/mol. The first-order chi connectivity index (χ1) is 12.2. The first-order valence-electron chi connectivity index (χ1n) is 8.50. The largest absolute Gasteiger partial charge is 0.454 e. The van der Waals surface area contributed by atoms with E-state index in [4.69, 9.17) is 14.2 Å². The lowest BCUT2D eigenvalue weighted by molar-refractivity contribution is 0.0619. The minimum absolute atomic E-state index is 0.0190. The quantitative estimate of drug-likeness (QED) is 0.849. The number of ether oxygens (including phenoxy) is 3. The standard InChI is InChI=1S/C18H21N3O4/c1-2-23-10-13-7-20(9-15-6-19-11-21(15)8-13)18(22)14-3-4-16-17(5-14)25-12-24-16/h3-6,11,13H,2,7-10,12H2,1H3. The molecule has 1 atom stereocenters. The zero-order valence-corrected chi connectivity index (χ0v) is 14.2. The molecule has 0 spiro atoms. The zero-order valence-electron chi connectivity index (χ0n) is 14.2. The number of imidazole rings is 1. The van der Waals surface area contributed by atoms with Gasteiger partial charge in [-0.3, -0.25) is 4.79 Å². The second-order valence-electron chi connectivity index (χ2n) is 6.32. The summed E-state index contributed by atoms with van der Waals surface area (Å²) in [5.41, 5.74) is 1.64. The molecule has 0 fully saturated rings. The van der Waals surface area contributed by atoms with E-state index in [0.29, 0.717) is 43.4 Å². The van der Waals surface area contributed by atoms with E-state index in [9.17, 15) is 4.79 Å². The number of nitrogens with zero attached hydrogens (tertiary/aromatic N) is 3. The maximum atomic E-state index is 13.1. The molecule has 0 saturated carbocycles. The highest BCUT2D eigenvalue weighted by Crippen LogP contribution is 2.33. The van der Waals surface area contributed by atoms with E-state index in [1.807, 2.05) is 24.3 Å². The van der Waals surface area contributed by atoms with Crippen molar-refractivity contribution in [3.63, 3.8) is 0 Å². The molecule has 1 aromatic heterocycles. The van der Waals surface area contributed by atoms with Gasteiger partial charge in [-0.15, -0.1) is 0 Å². The summed E-state index contributed by atoms with van der Waals surface area (Å²) in [5.74, 6) is 1.51. The summed E-state index contributed by atoms with van der Waals surface area (Å²) in [7, 11) is 0. The zero-order chi connectivity index (χ0) is 17.2. The first kappa shape index (κ1) is 16.0. The van der Waals surface area contributed by atoms with Crippen molar-refractivity contribution in [3.05, 3.63) is 42.0 Å². The van der Waals surface area contributed by atoms with Gasteiger partial charge in [0.05, 0.1) is 25.2 Å². The number of carbonyl (C=O) groups is 1. The molecule has 0 saturated heterocycles. The van der Waals surface area contributed by atoms with E-state index in [1.165, 1.54) is 0 Å². The Hall–Kier alpha value is -2.54. The molecule has 7 heteroatoms. The molecule has 1 aromatic carbocycles. The third kappa shape index (κ3) is 3.19. The fourth-order valence-electron chi connectivity index (χ4n) is 3.31. The van der Waals surface area contributed by atoms with Crippen LogP contribution in [-0.4, -0.2) is 46.9 Å². The van der Waals surface area contributed by atoms with Gasteiger partial charge in [-0.25, -0.2) is 4.98 Å². The van der Waals surface area contributed by atoms with Gasteiger partial charge in [0.15, 0.2) is 11.5 Å². The lowest BCUT2D eigenvalue weighted by atomic mass is 10.1. The first-order valence-corrected chi connectivity index (χ1v) is 8.50. The molecule has 3 heterocycles. The molecule has 0 N–H and O–H groups in total. The molecule has 1 amide bonds. The second-order valence-corrected chi connectivity index (χ2v) is 6.32. The number of hydrogen-bond donors (Lipinski definition) is 0. The summed E-state index contributed by atoms with van der Waals surface area (Å²) in [6.07, 6.45) is 3.64. The Kier molecular flexibility index (Phi) is 4.31. The third-order valence-corrected chi connectivity index (χ3v) is 4.55. The predicted octanol–water partition coefficient (Wildman–Crippen LogP) is 1.92. The van der Waals surface area contributed by atoms with Crippen molar-refractivity contribution in [2.45, 2.75) is 20.0 Å². The van der Waals surface area contributed by atoms with Crippen LogP contribution in [0, 0.1) is 5.92 Å². The highest BCUT2D eigenvalue weighted by Gasteiger charge is 2.27. The van der Waals surface area contributed by atoms with Gasteiger partial charge in [0.25, 0.3) is 5.91 Å². The number of aromatic nitrogens is 2. The summed E-state index contributed by atoms with van der Waals surface area (Å²) in [5, 5.41) is 0. The number of fused-ring (bicyclic) bond motifs is 2. The van der Waals surface area contributed by atoms with Gasteiger partial charge in [-0.05, 0) is 25.1 Å². The minimum atomic E-state index is -0.0190. The summed E-state index contributed by atoms with van der Waals surface area (Å²) in [4.78, 5) is 19.1. The fourth-order valence-corrected chi connectivity index (χ4v) is 3.31. The van der Waals surface area contributed by atoms with Gasteiger partial charge < -0.3 is 23.7 Å². The Morgan fingerprint density at radius 3 is 3.08 bits per heavy atom. The molecule has 7 nitrogen and oxygen atoms in total. The van der Waals surface area contributed by atoms with E-state index in [-0.39, 0.29) is 18.6 Å². The van der Waals surface area contributed by atoms with Crippen LogP contribution in [0.2, 0.25) is 0 Å². The van der Waals surface area contributed by atoms with Crippen molar-refractivity contribution >= 4 is 5.91 Å². The smallest absolute Gasteiger partial charge is 0.254 e. The van der Waals surface area contributed by atoms with E-state index in [2.05, 4.69) is 9.55 Å². The summed E-state index contributed by atoms with van der Waals surface area (Å²) in [6, 6.07) is 5.33. The van der Waals surface area contributed by atoms with Crippen LogP contribution in [0.3, 0.4) is 0 Å². The van der Waals surface area contributed by atoms with Crippen molar-refractivity contribution in [3.8, 4) is 11.5 Å². The van der Waals surface area contributed by atoms with Gasteiger partial charge in [0.1, 0.15) is 0 Å². The molecule has 2 aliphatic rings. The number of benzene rings is 1. The van der Waals surface area contributed by atoms with Crippen LogP contribution in [0.5, 0.6) is 11.5 Å². The van der Waals surface area contributed by atoms with Gasteiger partial charge in [-0.2, -0.15) is 0 Å². The average Bonchev–Trinajstić information content (AvgIpc) is 3.23. The van der Waals surface area contributed by atoms with Crippen LogP contribution in [-0.2, 0) is 17.8 Å². The lowest BCUT2D eigenvalue weighted by Crippen LogP contribution is -2.35. The SMILES string of the molecule is CCOCC1CN(C(=O)c2ccc3c(c2)OCO3)Cc2cncn2C1. The molecule has 0 aliphatic carbocycles. The van der Waals surface area contributed by atoms with E-state index in [1.54, 1.807) is 18.2 Å². The van der Waals surface area contributed by atoms with Gasteiger partial charge >= 0.3 is 0 Å². The number of rotatable bonds is 4. The molecular formula is C18H21N3O4. The van der Waals surface area contributed by atoms with Crippen molar-refractivity contribution in [1.29, 1.82) is 0 Å². The number of carbonyl (C=O) groups excluding carboxylic acids is 1. The van der Waals surface area contributed by atoms with Crippen LogP contribution < -0.4 is 9.47 Å².